The van der Waals surface area contributed by atoms with E-state index in [1.807, 2.05) is 18.2 Å². The molecule has 1 aliphatic rings. The van der Waals surface area contributed by atoms with E-state index in [1.54, 1.807) is 31.4 Å². The number of thioether (sulfide) groups is 1. The number of furan rings is 1. The van der Waals surface area contributed by atoms with Gasteiger partial charge in [-0.25, -0.2) is 15.0 Å². The topological polar surface area (TPSA) is 124 Å². The highest BCUT2D eigenvalue weighted by Crippen LogP contribution is 2.35. The van der Waals surface area contributed by atoms with Gasteiger partial charge in [0.2, 0.25) is 0 Å². The quantitative estimate of drug-likeness (QED) is 0.455. The summed E-state index contributed by atoms with van der Waals surface area (Å²) in [6.07, 6.45) is 2.11. The second-order valence-corrected chi connectivity index (χ2v) is 8.48. The summed E-state index contributed by atoms with van der Waals surface area (Å²) in [7, 11) is 0. The maximum Gasteiger partial charge on any atom is 0.256 e. The third kappa shape index (κ3) is 4.27. The monoisotopic (exact) mass is 442 g/mol. The SMILES string of the molecule is C[C@H](Sc1nc(N)cc(N)n1)C(=O)N1N=C(c2ccc(Cl)cc2)C[C@H]1c1ccco1. The van der Waals surface area contributed by atoms with E-state index < -0.39 is 5.25 Å². The first kappa shape index (κ1) is 20.2. The number of benzene rings is 1. The third-order valence-corrected chi connectivity index (χ3v) is 5.76. The number of nitrogen functional groups attached to an aromatic ring is 2. The molecular weight excluding hydrogens is 424 g/mol. The lowest BCUT2D eigenvalue weighted by molar-refractivity contribution is -0.132. The van der Waals surface area contributed by atoms with E-state index in [9.17, 15) is 4.79 Å². The van der Waals surface area contributed by atoms with Crippen molar-refractivity contribution in [2.75, 3.05) is 11.5 Å². The Balaban J connectivity index is 1.60. The van der Waals surface area contributed by atoms with Crippen LogP contribution < -0.4 is 11.5 Å². The molecular formula is C20H19ClN6O2S. The van der Waals surface area contributed by atoms with Crippen molar-refractivity contribution < 1.29 is 9.21 Å². The van der Waals surface area contributed by atoms with Crippen molar-refractivity contribution in [2.24, 2.45) is 5.10 Å². The van der Waals surface area contributed by atoms with Gasteiger partial charge >= 0.3 is 0 Å². The normalized spacial score (nSPS) is 17.1. The van der Waals surface area contributed by atoms with Crippen molar-refractivity contribution in [1.82, 2.24) is 15.0 Å². The minimum Gasteiger partial charge on any atom is -0.467 e. The fourth-order valence-electron chi connectivity index (χ4n) is 3.14. The number of hydrazone groups is 1. The van der Waals surface area contributed by atoms with Crippen LogP contribution in [0.3, 0.4) is 0 Å². The molecule has 3 heterocycles. The molecule has 4 rings (SSSR count). The van der Waals surface area contributed by atoms with Crippen LogP contribution in [0.1, 0.15) is 30.7 Å². The van der Waals surface area contributed by atoms with Crippen LogP contribution in [0.2, 0.25) is 5.02 Å². The Morgan fingerprint density at radius 3 is 2.57 bits per heavy atom. The Labute approximate surface area is 182 Å². The van der Waals surface area contributed by atoms with Crippen LogP contribution >= 0.6 is 23.4 Å². The van der Waals surface area contributed by atoms with E-state index in [1.165, 1.54) is 22.8 Å². The molecule has 0 unspecified atom stereocenters. The van der Waals surface area contributed by atoms with Gasteiger partial charge < -0.3 is 15.9 Å². The van der Waals surface area contributed by atoms with Crippen LogP contribution in [-0.4, -0.2) is 31.8 Å². The molecule has 10 heteroatoms. The van der Waals surface area contributed by atoms with Gasteiger partial charge in [0.1, 0.15) is 23.4 Å². The fourth-order valence-corrected chi connectivity index (χ4v) is 4.11. The molecule has 2 aromatic heterocycles. The van der Waals surface area contributed by atoms with Crippen molar-refractivity contribution in [3.05, 3.63) is 65.1 Å². The lowest BCUT2D eigenvalue weighted by atomic mass is 10.0. The van der Waals surface area contributed by atoms with Crippen LogP contribution in [0.15, 0.2) is 63.4 Å². The van der Waals surface area contributed by atoms with E-state index in [0.29, 0.717) is 22.4 Å². The molecule has 154 valence electrons. The molecule has 1 amide bonds. The predicted molar refractivity (Wildman–Crippen MR) is 117 cm³/mol. The minimum absolute atomic E-state index is 0.199. The van der Waals surface area contributed by atoms with E-state index in [4.69, 9.17) is 27.5 Å². The predicted octanol–water partition coefficient (Wildman–Crippen LogP) is 3.75. The van der Waals surface area contributed by atoms with Gasteiger partial charge in [-0.05, 0) is 36.8 Å². The van der Waals surface area contributed by atoms with Crippen LogP contribution in [0.5, 0.6) is 0 Å². The first-order valence-electron chi connectivity index (χ1n) is 9.17. The number of halogens is 1. The molecule has 8 nitrogen and oxygen atoms in total. The van der Waals surface area contributed by atoms with E-state index in [0.717, 1.165) is 11.3 Å². The zero-order chi connectivity index (χ0) is 21.3. The van der Waals surface area contributed by atoms with Gasteiger partial charge in [0, 0.05) is 17.5 Å². The number of hydrogen-bond acceptors (Lipinski definition) is 8. The number of anilines is 2. The second kappa shape index (κ2) is 8.37. The fraction of sp³-hybridized carbons (Fsp3) is 0.200. The van der Waals surface area contributed by atoms with Crippen molar-refractivity contribution in [3.63, 3.8) is 0 Å². The van der Waals surface area contributed by atoms with Gasteiger partial charge in [-0.2, -0.15) is 5.10 Å². The van der Waals surface area contributed by atoms with Gasteiger partial charge in [0.05, 0.1) is 17.2 Å². The smallest absolute Gasteiger partial charge is 0.256 e. The lowest BCUT2D eigenvalue weighted by Gasteiger charge is -2.22. The Morgan fingerprint density at radius 2 is 1.93 bits per heavy atom. The molecule has 0 aliphatic carbocycles. The number of amides is 1. The first-order chi connectivity index (χ1) is 14.4. The molecule has 4 N–H and O–H groups in total. The highest BCUT2D eigenvalue weighted by molar-refractivity contribution is 8.00. The number of rotatable bonds is 5. The molecule has 1 aromatic carbocycles. The van der Waals surface area contributed by atoms with Gasteiger partial charge in [-0.15, -0.1) is 0 Å². The molecule has 0 saturated heterocycles. The van der Waals surface area contributed by atoms with Gasteiger partial charge in [-0.3, -0.25) is 4.79 Å². The molecule has 1 aliphatic heterocycles. The zero-order valence-corrected chi connectivity index (χ0v) is 17.6. The molecule has 2 atom stereocenters. The van der Waals surface area contributed by atoms with Crippen LogP contribution in [0.25, 0.3) is 0 Å². The number of hydrogen-bond donors (Lipinski definition) is 2. The lowest BCUT2D eigenvalue weighted by Crippen LogP contribution is -2.33. The summed E-state index contributed by atoms with van der Waals surface area (Å²) < 4.78 is 5.58. The summed E-state index contributed by atoms with van der Waals surface area (Å²) in [5.41, 5.74) is 13.1. The third-order valence-electron chi connectivity index (χ3n) is 4.56. The number of aromatic nitrogens is 2. The summed E-state index contributed by atoms with van der Waals surface area (Å²) in [4.78, 5) is 21.5. The number of nitrogens with two attached hydrogens (primary N) is 2. The van der Waals surface area contributed by atoms with Gasteiger partial charge in [0.15, 0.2) is 5.16 Å². The van der Waals surface area contributed by atoms with Crippen molar-refractivity contribution in [2.45, 2.75) is 29.8 Å². The summed E-state index contributed by atoms with van der Waals surface area (Å²) in [5, 5.41) is 6.54. The number of carbonyl (C=O) groups is 1. The van der Waals surface area contributed by atoms with Crippen LogP contribution in [0.4, 0.5) is 11.6 Å². The Kier molecular flexibility index (Phi) is 5.65. The molecule has 3 aromatic rings. The standard InChI is InChI=1S/C20H19ClN6O2S/c1-11(30-20-24-17(22)10-18(23)25-20)19(28)27-15(16-3-2-8-29-16)9-14(26-27)12-4-6-13(21)7-5-12/h2-8,10-11,15H,9H2,1H3,(H4,22,23,24,25)/t11-,15-/m0/s1. The average Bonchev–Trinajstić information content (AvgIpc) is 3.37. The largest absolute Gasteiger partial charge is 0.467 e. The number of nitrogens with zero attached hydrogens (tertiary/aromatic N) is 4. The van der Waals surface area contributed by atoms with Gasteiger partial charge in [0.25, 0.3) is 5.91 Å². The van der Waals surface area contributed by atoms with Crippen LogP contribution in [-0.2, 0) is 4.79 Å². The maximum absolute atomic E-state index is 13.3. The first-order valence-corrected chi connectivity index (χ1v) is 10.4. The van der Waals surface area contributed by atoms with Crippen LogP contribution in [0, 0.1) is 0 Å². The Bertz CT molecular complexity index is 1070. The second-order valence-electron chi connectivity index (χ2n) is 6.73. The molecule has 0 radical (unpaired) electrons. The highest BCUT2D eigenvalue weighted by atomic mass is 35.5. The number of carbonyl (C=O) groups excluding carboxylic acids is 1. The molecule has 0 spiro atoms. The molecule has 30 heavy (non-hydrogen) atoms. The summed E-state index contributed by atoms with van der Waals surface area (Å²) in [5.74, 6) is 0.970. The van der Waals surface area contributed by atoms with E-state index in [-0.39, 0.29) is 23.6 Å². The van der Waals surface area contributed by atoms with Crippen molar-refractivity contribution in [1.29, 1.82) is 0 Å². The van der Waals surface area contributed by atoms with E-state index in [2.05, 4.69) is 15.1 Å². The summed E-state index contributed by atoms with van der Waals surface area (Å²) >= 11 is 7.17. The highest BCUT2D eigenvalue weighted by Gasteiger charge is 2.37. The minimum atomic E-state index is -0.517. The zero-order valence-electron chi connectivity index (χ0n) is 16.0. The maximum atomic E-state index is 13.3. The Hall–Kier alpha value is -3.04. The summed E-state index contributed by atoms with van der Waals surface area (Å²) in [6.45, 7) is 1.77. The Morgan fingerprint density at radius 1 is 1.23 bits per heavy atom. The summed E-state index contributed by atoms with van der Waals surface area (Å²) in [6, 6.07) is 12.1. The van der Waals surface area contributed by atoms with Crippen molar-refractivity contribution in [3.8, 4) is 0 Å². The van der Waals surface area contributed by atoms with Crippen molar-refractivity contribution >= 4 is 46.6 Å². The van der Waals surface area contributed by atoms with Gasteiger partial charge in [-0.1, -0.05) is 35.5 Å². The molecule has 0 bridgehead atoms. The molecule has 0 saturated carbocycles. The van der Waals surface area contributed by atoms with E-state index >= 15 is 0 Å². The molecule has 0 fully saturated rings. The average molecular weight is 443 g/mol.